The number of carboxylic acid groups (broad SMARTS) is 1. The van der Waals surface area contributed by atoms with E-state index in [0.717, 1.165) is 13.0 Å². The largest absolute Gasteiger partial charge is 0.480 e. The molecule has 0 amide bonds. The minimum atomic E-state index is -0.735. The monoisotopic (exact) mass is 247 g/mol. The molecule has 2 rings (SSSR count). The lowest BCUT2D eigenvalue weighted by molar-refractivity contribution is -0.139. The van der Waals surface area contributed by atoms with Crippen LogP contribution < -0.4 is 0 Å². The number of nitrogens with zero attached hydrogens (tertiary/aromatic N) is 1. The summed E-state index contributed by atoms with van der Waals surface area (Å²) in [7, 11) is 0. The molecule has 1 heterocycles. The smallest absolute Gasteiger partial charge is 0.317 e. The van der Waals surface area contributed by atoms with Crippen molar-refractivity contribution >= 4 is 5.97 Å². The van der Waals surface area contributed by atoms with Crippen molar-refractivity contribution in [1.29, 1.82) is 0 Å². The van der Waals surface area contributed by atoms with Gasteiger partial charge in [-0.3, -0.25) is 9.69 Å². The van der Waals surface area contributed by atoms with Crippen molar-refractivity contribution < 1.29 is 9.90 Å². The molecule has 1 aromatic rings. The van der Waals surface area contributed by atoms with Gasteiger partial charge in [-0.25, -0.2) is 0 Å². The number of aryl methyl sites for hydroxylation is 1. The molecular weight excluding hydrogens is 226 g/mol. The van der Waals surface area contributed by atoms with Gasteiger partial charge in [0.15, 0.2) is 0 Å². The molecule has 1 aromatic carbocycles. The maximum atomic E-state index is 11.0. The van der Waals surface area contributed by atoms with E-state index < -0.39 is 5.97 Å². The summed E-state index contributed by atoms with van der Waals surface area (Å²) in [5, 5.41) is 9.02. The fourth-order valence-corrected chi connectivity index (χ4v) is 2.93. The average molecular weight is 247 g/mol. The second-order valence-electron chi connectivity index (χ2n) is 5.34. The molecule has 1 aliphatic heterocycles. The molecule has 0 unspecified atom stereocenters. The van der Waals surface area contributed by atoms with Gasteiger partial charge >= 0.3 is 5.97 Å². The van der Waals surface area contributed by atoms with Gasteiger partial charge in [0, 0.05) is 6.04 Å². The van der Waals surface area contributed by atoms with Crippen molar-refractivity contribution in [3.05, 3.63) is 35.4 Å². The molecule has 3 heteroatoms. The zero-order valence-corrected chi connectivity index (χ0v) is 11.1. The fraction of sp³-hybridized carbons (Fsp3) is 0.533. The van der Waals surface area contributed by atoms with Gasteiger partial charge in [0.2, 0.25) is 0 Å². The number of rotatable bonds is 3. The van der Waals surface area contributed by atoms with Gasteiger partial charge in [-0.1, -0.05) is 36.8 Å². The fourth-order valence-electron chi connectivity index (χ4n) is 2.93. The van der Waals surface area contributed by atoms with E-state index in [1.54, 1.807) is 0 Å². The number of likely N-dealkylation sites (tertiary alicyclic amines) is 1. The molecule has 1 aliphatic rings. The number of hydrogen-bond donors (Lipinski definition) is 1. The Bertz CT molecular complexity index is 413. The summed E-state index contributed by atoms with van der Waals surface area (Å²) < 4.78 is 0. The highest BCUT2D eigenvalue weighted by Gasteiger charge is 2.30. The summed E-state index contributed by atoms with van der Waals surface area (Å²) in [4.78, 5) is 13.1. The number of piperidine rings is 1. The van der Waals surface area contributed by atoms with Gasteiger partial charge in [0.25, 0.3) is 0 Å². The quantitative estimate of drug-likeness (QED) is 0.893. The third kappa shape index (κ3) is 2.91. The van der Waals surface area contributed by atoms with E-state index in [-0.39, 0.29) is 12.6 Å². The predicted molar refractivity (Wildman–Crippen MR) is 71.5 cm³/mol. The SMILES string of the molecule is Cc1ccc([C@H]2[C@H](C)CCCN2CC(=O)O)cc1. The summed E-state index contributed by atoms with van der Waals surface area (Å²) in [6, 6.07) is 8.73. The zero-order valence-electron chi connectivity index (χ0n) is 11.1. The van der Waals surface area contributed by atoms with Crippen LogP contribution in [0.4, 0.5) is 0 Å². The Kier molecular flexibility index (Phi) is 4.02. The second kappa shape index (κ2) is 5.53. The van der Waals surface area contributed by atoms with Crippen molar-refractivity contribution in [2.24, 2.45) is 5.92 Å². The maximum absolute atomic E-state index is 11.0. The lowest BCUT2D eigenvalue weighted by Gasteiger charge is -2.39. The van der Waals surface area contributed by atoms with Gasteiger partial charge in [-0.15, -0.1) is 0 Å². The first-order valence-electron chi connectivity index (χ1n) is 6.60. The zero-order chi connectivity index (χ0) is 13.1. The van der Waals surface area contributed by atoms with E-state index in [0.29, 0.717) is 5.92 Å². The Labute approximate surface area is 108 Å². The molecule has 3 nitrogen and oxygen atoms in total. The molecule has 0 saturated carbocycles. The molecule has 0 aromatic heterocycles. The Balaban J connectivity index is 2.23. The van der Waals surface area contributed by atoms with Crippen molar-refractivity contribution in [2.45, 2.75) is 32.7 Å². The molecular formula is C15H21NO2. The van der Waals surface area contributed by atoms with Crippen LogP contribution in [0.5, 0.6) is 0 Å². The Morgan fingerprint density at radius 1 is 1.39 bits per heavy atom. The number of aliphatic carboxylic acids is 1. The minimum Gasteiger partial charge on any atom is -0.480 e. The molecule has 1 N–H and O–H groups in total. The van der Waals surface area contributed by atoms with Crippen LogP contribution in [0.1, 0.15) is 36.9 Å². The van der Waals surface area contributed by atoms with Crippen LogP contribution in [0.2, 0.25) is 0 Å². The lowest BCUT2D eigenvalue weighted by atomic mass is 9.86. The summed E-state index contributed by atoms with van der Waals surface area (Å²) in [5.74, 6) is -0.220. The molecule has 0 bridgehead atoms. The van der Waals surface area contributed by atoms with E-state index in [2.05, 4.69) is 43.0 Å². The third-order valence-electron chi connectivity index (χ3n) is 3.79. The molecule has 0 radical (unpaired) electrons. The molecule has 2 atom stereocenters. The highest BCUT2D eigenvalue weighted by atomic mass is 16.4. The molecule has 18 heavy (non-hydrogen) atoms. The van der Waals surface area contributed by atoms with Gasteiger partial charge in [-0.05, 0) is 37.8 Å². The topological polar surface area (TPSA) is 40.5 Å². The molecule has 0 spiro atoms. The Morgan fingerprint density at radius 3 is 2.67 bits per heavy atom. The first-order chi connectivity index (χ1) is 8.58. The summed E-state index contributed by atoms with van der Waals surface area (Å²) in [6.45, 7) is 5.32. The van der Waals surface area contributed by atoms with Crippen LogP contribution in [0, 0.1) is 12.8 Å². The highest BCUT2D eigenvalue weighted by molar-refractivity contribution is 5.69. The summed E-state index contributed by atoms with van der Waals surface area (Å²) >= 11 is 0. The summed E-state index contributed by atoms with van der Waals surface area (Å²) in [5.41, 5.74) is 2.49. The van der Waals surface area contributed by atoms with Gasteiger partial charge < -0.3 is 5.11 Å². The van der Waals surface area contributed by atoms with Gasteiger partial charge in [-0.2, -0.15) is 0 Å². The van der Waals surface area contributed by atoms with E-state index >= 15 is 0 Å². The van der Waals surface area contributed by atoms with Crippen molar-refractivity contribution in [3.63, 3.8) is 0 Å². The van der Waals surface area contributed by atoms with Crippen LogP contribution in [0.15, 0.2) is 24.3 Å². The van der Waals surface area contributed by atoms with Gasteiger partial charge in [0.1, 0.15) is 0 Å². The highest BCUT2D eigenvalue weighted by Crippen LogP contribution is 2.35. The van der Waals surface area contributed by atoms with Crippen LogP contribution in [0.3, 0.4) is 0 Å². The average Bonchev–Trinajstić information content (AvgIpc) is 2.30. The van der Waals surface area contributed by atoms with Crippen molar-refractivity contribution in [3.8, 4) is 0 Å². The Hall–Kier alpha value is -1.35. The first kappa shape index (κ1) is 13.1. The lowest BCUT2D eigenvalue weighted by Crippen LogP contribution is -2.40. The van der Waals surface area contributed by atoms with E-state index in [9.17, 15) is 4.79 Å². The van der Waals surface area contributed by atoms with Crippen LogP contribution in [0.25, 0.3) is 0 Å². The standard InChI is InChI=1S/C15H21NO2/c1-11-5-7-13(8-6-11)15-12(2)4-3-9-16(15)10-14(17)18/h5-8,12,15H,3-4,9-10H2,1-2H3,(H,17,18)/t12-,15-/m1/s1. The second-order valence-corrected chi connectivity index (χ2v) is 5.34. The predicted octanol–water partition coefficient (Wildman–Crippen LogP) is 2.85. The minimum absolute atomic E-state index is 0.142. The van der Waals surface area contributed by atoms with Crippen molar-refractivity contribution in [1.82, 2.24) is 4.90 Å². The normalized spacial score (nSPS) is 25.0. The number of carbonyl (C=O) groups is 1. The summed E-state index contributed by atoms with van der Waals surface area (Å²) in [6.07, 6.45) is 2.27. The van der Waals surface area contributed by atoms with Crippen LogP contribution in [-0.4, -0.2) is 29.1 Å². The van der Waals surface area contributed by atoms with Crippen molar-refractivity contribution in [2.75, 3.05) is 13.1 Å². The molecule has 1 fully saturated rings. The number of benzene rings is 1. The number of carboxylic acids is 1. The van der Waals surface area contributed by atoms with E-state index in [1.165, 1.54) is 17.5 Å². The third-order valence-corrected chi connectivity index (χ3v) is 3.79. The molecule has 0 aliphatic carbocycles. The molecule has 98 valence electrons. The Morgan fingerprint density at radius 2 is 2.06 bits per heavy atom. The van der Waals surface area contributed by atoms with E-state index in [1.807, 2.05) is 0 Å². The van der Waals surface area contributed by atoms with Gasteiger partial charge in [0.05, 0.1) is 6.54 Å². The van der Waals surface area contributed by atoms with Crippen LogP contribution in [-0.2, 0) is 4.79 Å². The first-order valence-corrected chi connectivity index (χ1v) is 6.60. The van der Waals surface area contributed by atoms with E-state index in [4.69, 9.17) is 5.11 Å². The number of hydrogen-bond acceptors (Lipinski definition) is 2. The van der Waals surface area contributed by atoms with Crippen LogP contribution >= 0.6 is 0 Å². The maximum Gasteiger partial charge on any atom is 0.317 e. The molecule has 1 saturated heterocycles.